The molecule has 8 nitrogen and oxygen atoms in total. The number of aromatic nitrogens is 4. The van der Waals surface area contributed by atoms with Crippen LogP contribution in [-0.2, 0) is 6.18 Å². The summed E-state index contributed by atoms with van der Waals surface area (Å²) in [5.41, 5.74) is 6.59. The van der Waals surface area contributed by atoms with E-state index in [9.17, 15) is 18.3 Å². The Morgan fingerprint density at radius 1 is 1.06 bits per heavy atom. The molecule has 3 aromatic heterocycles. The number of nitrogens with zero attached hydrogens (tertiary/aromatic N) is 6. The van der Waals surface area contributed by atoms with E-state index in [1.807, 2.05) is 4.90 Å². The number of piperazine rings is 1. The summed E-state index contributed by atoms with van der Waals surface area (Å²) in [5, 5.41) is 18.2. The van der Waals surface area contributed by atoms with Crippen molar-refractivity contribution >= 4 is 11.5 Å². The van der Waals surface area contributed by atoms with Gasteiger partial charge in [0.2, 0.25) is 0 Å². The van der Waals surface area contributed by atoms with E-state index in [1.165, 1.54) is 29.0 Å². The maximum atomic E-state index is 15.2. The summed E-state index contributed by atoms with van der Waals surface area (Å²) >= 11 is 0. The zero-order valence-corrected chi connectivity index (χ0v) is 19.0. The lowest BCUT2D eigenvalue weighted by Crippen LogP contribution is -2.43. The fourth-order valence-corrected chi connectivity index (χ4v) is 4.31. The van der Waals surface area contributed by atoms with E-state index in [2.05, 4.69) is 20.4 Å². The van der Waals surface area contributed by atoms with Gasteiger partial charge in [0.25, 0.3) is 0 Å². The molecule has 1 radical (unpaired) electrons. The molecule has 0 aliphatic carbocycles. The molecule has 1 fully saturated rings. The van der Waals surface area contributed by atoms with Crippen LogP contribution in [0.2, 0.25) is 0 Å². The summed E-state index contributed by atoms with van der Waals surface area (Å²) in [6, 6.07) is 8.48. The van der Waals surface area contributed by atoms with Gasteiger partial charge in [0, 0.05) is 49.1 Å². The van der Waals surface area contributed by atoms with Crippen molar-refractivity contribution in [1.82, 2.24) is 29.8 Å². The maximum absolute atomic E-state index is 15.2. The van der Waals surface area contributed by atoms with Crippen LogP contribution in [0.15, 0.2) is 48.8 Å². The summed E-state index contributed by atoms with van der Waals surface area (Å²) in [5.74, 6) is -1.05. The Labute approximate surface area is 203 Å². The van der Waals surface area contributed by atoms with Crippen LogP contribution in [-0.4, -0.2) is 62.4 Å². The lowest BCUT2D eigenvalue weighted by atomic mass is 10.0. The molecule has 1 aliphatic heterocycles. The number of alkyl halides is 3. The van der Waals surface area contributed by atoms with Crippen molar-refractivity contribution in [3.63, 3.8) is 0 Å². The van der Waals surface area contributed by atoms with E-state index >= 15 is 4.39 Å². The molecule has 4 aromatic rings. The normalized spacial score (nSPS) is 17.1. The number of nitrogen functional groups attached to an aromatic ring is 1. The number of halogens is 4. The van der Waals surface area contributed by atoms with Crippen molar-refractivity contribution in [1.29, 1.82) is 0 Å². The van der Waals surface area contributed by atoms with Crippen molar-refractivity contribution in [2.75, 3.05) is 38.5 Å². The number of aliphatic hydroxyl groups excluding tert-OH is 1. The third kappa shape index (κ3) is 4.62. The second kappa shape index (κ2) is 9.45. The molecule has 12 heteroatoms. The number of nitrogens with two attached hydrogens (primary N) is 1. The Balaban J connectivity index is 1.48. The maximum Gasteiger partial charge on any atom is 0.419 e. The number of hydrogen-bond acceptors (Lipinski definition) is 6. The predicted molar refractivity (Wildman–Crippen MR) is 124 cm³/mol. The average Bonchev–Trinajstić information content (AvgIpc) is 3.27. The van der Waals surface area contributed by atoms with Gasteiger partial charge in [0.1, 0.15) is 11.6 Å². The molecule has 36 heavy (non-hydrogen) atoms. The van der Waals surface area contributed by atoms with Gasteiger partial charge in [-0.05, 0) is 24.3 Å². The van der Waals surface area contributed by atoms with Crippen LogP contribution >= 0.6 is 0 Å². The summed E-state index contributed by atoms with van der Waals surface area (Å²) in [6.45, 7) is 2.34. The topological polar surface area (TPSA) is 107 Å². The summed E-state index contributed by atoms with van der Waals surface area (Å²) < 4.78 is 56.5. The second-order valence-electron chi connectivity index (χ2n) is 8.47. The Kier molecular flexibility index (Phi) is 6.33. The second-order valence-corrected chi connectivity index (χ2v) is 8.47. The molecular weight excluding hydrogens is 478 g/mol. The van der Waals surface area contributed by atoms with Gasteiger partial charge in [0.05, 0.1) is 35.8 Å². The largest absolute Gasteiger partial charge is 0.419 e. The van der Waals surface area contributed by atoms with Gasteiger partial charge in [-0.3, -0.25) is 4.90 Å². The Hall–Kier alpha value is -3.61. The SMILES string of the molecule is Nc1ncc(-c2ccc3ncc(-c4ccc(C5CN(CCO)CC[N]5)c(F)c4)n3n2)cc1C(F)(F)F. The molecule has 4 heterocycles. The highest BCUT2D eigenvalue weighted by molar-refractivity contribution is 5.67. The van der Waals surface area contributed by atoms with E-state index in [-0.39, 0.29) is 23.9 Å². The van der Waals surface area contributed by atoms with Crippen LogP contribution in [0.4, 0.5) is 23.4 Å². The minimum absolute atomic E-state index is 0.0291. The number of hydrogen-bond donors (Lipinski definition) is 2. The highest BCUT2D eigenvalue weighted by Crippen LogP contribution is 2.35. The number of rotatable bonds is 5. The molecule has 0 amide bonds. The average molecular weight is 500 g/mol. The highest BCUT2D eigenvalue weighted by atomic mass is 19.4. The molecule has 0 bridgehead atoms. The number of benzene rings is 1. The number of β-amino-alcohol motifs (C(OH)–C–C–N with tert-alkyl or cyclic N) is 1. The van der Waals surface area contributed by atoms with Gasteiger partial charge >= 0.3 is 6.18 Å². The van der Waals surface area contributed by atoms with Gasteiger partial charge in [-0.15, -0.1) is 0 Å². The summed E-state index contributed by atoms with van der Waals surface area (Å²) in [6.07, 6.45) is -1.91. The zero-order valence-electron chi connectivity index (χ0n) is 19.0. The smallest absolute Gasteiger partial charge is 0.395 e. The molecule has 0 spiro atoms. The van der Waals surface area contributed by atoms with E-state index in [0.29, 0.717) is 42.1 Å². The number of aliphatic hydroxyl groups is 1. The Morgan fingerprint density at radius 2 is 1.89 bits per heavy atom. The van der Waals surface area contributed by atoms with E-state index in [1.54, 1.807) is 18.2 Å². The summed E-state index contributed by atoms with van der Waals surface area (Å²) in [7, 11) is 0. The summed E-state index contributed by atoms with van der Waals surface area (Å²) in [4.78, 5) is 10.00. The molecule has 5 rings (SSSR count). The quantitative estimate of drug-likeness (QED) is 0.408. The third-order valence-corrected chi connectivity index (χ3v) is 6.15. The number of anilines is 1. The molecule has 1 unspecified atom stereocenters. The Bertz CT molecular complexity index is 1400. The Morgan fingerprint density at radius 3 is 2.64 bits per heavy atom. The minimum atomic E-state index is -4.66. The van der Waals surface area contributed by atoms with E-state index in [0.717, 1.165) is 12.6 Å². The van der Waals surface area contributed by atoms with E-state index < -0.39 is 23.4 Å². The van der Waals surface area contributed by atoms with Crippen LogP contribution in [0.25, 0.3) is 28.2 Å². The first-order valence-corrected chi connectivity index (χ1v) is 11.2. The lowest BCUT2D eigenvalue weighted by molar-refractivity contribution is -0.137. The van der Waals surface area contributed by atoms with Crippen LogP contribution in [0.1, 0.15) is 17.2 Å². The van der Waals surface area contributed by atoms with Crippen molar-refractivity contribution in [2.24, 2.45) is 0 Å². The third-order valence-electron chi connectivity index (χ3n) is 6.15. The predicted octanol–water partition coefficient (Wildman–Crippen LogP) is 3.15. The van der Waals surface area contributed by atoms with Crippen LogP contribution in [0, 0.1) is 5.82 Å². The van der Waals surface area contributed by atoms with Crippen LogP contribution in [0.3, 0.4) is 0 Å². The molecule has 1 saturated heterocycles. The first kappa shape index (κ1) is 24.1. The molecule has 1 aromatic carbocycles. The molecule has 1 atom stereocenters. The first-order valence-electron chi connectivity index (χ1n) is 11.2. The van der Waals surface area contributed by atoms with E-state index in [4.69, 9.17) is 5.73 Å². The monoisotopic (exact) mass is 500 g/mol. The van der Waals surface area contributed by atoms with Crippen molar-refractivity contribution in [3.8, 4) is 22.5 Å². The first-order chi connectivity index (χ1) is 17.2. The van der Waals surface area contributed by atoms with Crippen LogP contribution in [0.5, 0.6) is 0 Å². The number of imidazole rings is 1. The van der Waals surface area contributed by atoms with Crippen molar-refractivity contribution in [3.05, 3.63) is 65.7 Å². The van der Waals surface area contributed by atoms with Crippen molar-refractivity contribution < 1.29 is 22.7 Å². The van der Waals surface area contributed by atoms with Gasteiger partial charge in [-0.1, -0.05) is 12.1 Å². The van der Waals surface area contributed by atoms with Gasteiger partial charge in [0.15, 0.2) is 5.65 Å². The fourth-order valence-electron chi connectivity index (χ4n) is 4.31. The van der Waals surface area contributed by atoms with Crippen molar-refractivity contribution in [2.45, 2.75) is 12.2 Å². The van der Waals surface area contributed by atoms with Gasteiger partial charge in [-0.25, -0.2) is 24.2 Å². The number of pyridine rings is 1. The van der Waals surface area contributed by atoms with Crippen LogP contribution < -0.4 is 11.1 Å². The highest BCUT2D eigenvalue weighted by Gasteiger charge is 2.34. The molecular formula is C24H22F4N7O. The number of fused-ring (bicyclic) bond motifs is 1. The molecule has 1 aliphatic rings. The standard InChI is InChI=1S/C24H22F4N7O/c25-18-10-14(1-2-16(18)20-13-34(7-8-36)6-5-30-20)21-12-31-22-4-3-19(33-35(21)22)15-9-17(24(26,27)28)23(29)32-11-15/h1-4,9-12,20,36H,5-8,13H2,(H2,29,32). The fraction of sp³-hybridized carbons (Fsp3) is 0.292. The minimum Gasteiger partial charge on any atom is -0.395 e. The zero-order chi connectivity index (χ0) is 25.4. The molecule has 0 saturated carbocycles. The van der Waals surface area contributed by atoms with Gasteiger partial charge in [-0.2, -0.15) is 18.3 Å². The molecule has 3 N–H and O–H groups in total. The lowest BCUT2D eigenvalue weighted by Gasteiger charge is -2.32. The van der Waals surface area contributed by atoms with Gasteiger partial charge < -0.3 is 10.8 Å². The molecule has 187 valence electrons.